The maximum atomic E-state index is 11.1. The molecule has 0 amide bonds. The molecule has 0 bridgehead atoms. The van der Waals surface area contributed by atoms with E-state index in [-0.39, 0.29) is 11.3 Å². The molecule has 0 heterocycles. The average molecular weight is 310 g/mol. The highest BCUT2D eigenvalue weighted by molar-refractivity contribution is 6.33. The van der Waals surface area contributed by atoms with E-state index in [4.69, 9.17) is 22.4 Å². The van der Waals surface area contributed by atoms with Crippen molar-refractivity contribution in [2.45, 2.75) is 51.4 Å². The second-order valence-corrected chi connectivity index (χ2v) is 6.97. The van der Waals surface area contributed by atoms with Crippen LogP contribution in [0, 0.1) is 11.8 Å². The van der Waals surface area contributed by atoms with Gasteiger partial charge in [-0.05, 0) is 54.7 Å². The van der Waals surface area contributed by atoms with Crippen LogP contribution in [0.15, 0.2) is 18.2 Å². The normalized spacial score (nSPS) is 19.6. The van der Waals surface area contributed by atoms with E-state index in [9.17, 15) is 4.79 Å². The smallest absolute Gasteiger partial charge is 0.306 e. The van der Waals surface area contributed by atoms with E-state index in [0.29, 0.717) is 23.0 Å². The summed E-state index contributed by atoms with van der Waals surface area (Å²) in [6.07, 6.45) is 5.23. The molecule has 4 heteroatoms. The van der Waals surface area contributed by atoms with Crippen LogP contribution in [0.2, 0.25) is 5.02 Å². The third kappa shape index (κ3) is 3.34. The van der Waals surface area contributed by atoms with Crippen LogP contribution in [0.5, 0.6) is 0 Å². The number of halogens is 1. The first-order valence-electron chi connectivity index (χ1n) is 7.63. The molecule has 0 saturated heterocycles. The summed E-state index contributed by atoms with van der Waals surface area (Å²) in [6, 6.07) is 5.86. The Hall–Kier alpha value is -1.22. The lowest BCUT2D eigenvalue weighted by Gasteiger charge is -2.44. The molecule has 116 valence electrons. The molecule has 1 aliphatic rings. The number of carbonyl (C=O) groups is 1. The van der Waals surface area contributed by atoms with E-state index in [1.807, 2.05) is 18.2 Å². The molecular formula is C17H24ClNO2. The molecule has 21 heavy (non-hydrogen) atoms. The fraction of sp³-hybridized carbons (Fsp3) is 0.588. The molecule has 1 aliphatic carbocycles. The van der Waals surface area contributed by atoms with Crippen LogP contribution in [-0.4, -0.2) is 11.1 Å². The van der Waals surface area contributed by atoms with Gasteiger partial charge in [-0.1, -0.05) is 37.9 Å². The number of carboxylic acids is 1. The highest BCUT2D eigenvalue weighted by Gasteiger charge is 2.39. The fourth-order valence-corrected chi connectivity index (χ4v) is 3.29. The zero-order chi connectivity index (χ0) is 15.6. The van der Waals surface area contributed by atoms with Crippen LogP contribution in [-0.2, 0) is 10.2 Å². The molecule has 2 rings (SSSR count). The molecule has 2 atom stereocenters. The Balaban J connectivity index is 2.23. The van der Waals surface area contributed by atoms with E-state index in [0.717, 1.165) is 6.42 Å². The summed E-state index contributed by atoms with van der Waals surface area (Å²) in [5, 5.41) is 9.68. The molecule has 0 aliphatic heterocycles. The van der Waals surface area contributed by atoms with Crippen LogP contribution in [0.1, 0.15) is 51.5 Å². The van der Waals surface area contributed by atoms with Crippen LogP contribution < -0.4 is 5.73 Å². The van der Waals surface area contributed by atoms with Crippen molar-refractivity contribution in [2.75, 3.05) is 5.73 Å². The Morgan fingerprint density at radius 2 is 2.19 bits per heavy atom. The molecule has 1 saturated carbocycles. The third-order valence-corrected chi connectivity index (χ3v) is 5.52. The van der Waals surface area contributed by atoms with E-state index in [2.05, 4.69) is 6.92 Å². The van der Waals surface area contributed by atoms with Crippen molar-refractivity contribution in [1.82, 2.24) is 0 Å². The average Bonchev–Trinajstić information content (AvgIpc) is 2.36. The number of benzene rings is 1. The van der Waals surface area contributed by atoms with Crippen molar-refractivity contribution < 1.29 is 9.90 Å². The molecule has 1 fully saturated rings. The summed E-state index contributed by atoms with van der Waals surface area (Å²) in [5.41, 5.74) is 7.73. The summed E-state index contributed by atoms with van der Waals surface area (Å²) in [4.78, 5) is 11.1. The van der Waals surface area contributed by atoms with Gasteiger partial charge in [-0.3, -0.25) is 4.79 Å². The predicted octanol–water partition coefficient (Wildman–Crippen LogP) is 4.48. The molecule has 0 spiro atoms. The monoisotopic (exact) mass is 309 g/mol. The van der Waals surface area contributed by atoms with Gasteiger partial charge < -0.3 is 10.8 Å². The number of anilines is 1. The van der Waals surface area contributed by atoms with Gasteiger partial charge in [-0.15, -0.1) is 0 Å². The first-order chi connectivity index (χ1) is 9.84. The number of rotatable bonds is 6. The maximum Gasteiger partial charge on any atom is 0.306 e. The van der Waals surface area contributed by atoms with Crippen molar-refractivity contribution >= 4 is 23.3 Å². The standard InChI is InChI=1S/C17H24ClNO2/c1-11(16(20)21)8-9-17(2,12-4-3-5-12)13-6-7-14(18)15(19)10-13/h6-7,10-12H,3-5,8-9,19H2,1-2H3,(H,20,21). The van der Waals surface area contributed by atoms with Gasteiger partial charge >= 0.3 is 5.97 Å². The van der Waals surface area contributed by atoms with Gasteiger partial charge in [-0.25, -0.2) is 0 Å². The van der Waals surface area contributed by atoms with Gasteiger partial charge in [0.05, 0.1) is 16.6 Å². The zero-order valence-electron chi connectivity index (χ0n) is 12.7. The van der Waals surface area contributed by atoms with Crippen molar-refractivity contribution in [2.24, 2.45) is 11.8 Å². The molecule has 1 aromatic carbocycles. The predicted molar refractivity (Wildman–Crippen MR) is 86.6 cm³/mol. The number of nitrogen functional groups attached to an aromatic ring is 1. The number of hydrogen-bond acceptors (Lipinski definition) is 2. The van der Waals surface area contributed by atoms with Crippen LogP contribution in [0.3, 0.4) is 0 Å². The number of nitrogens with two attached hydrogens (primary N) is 1. The molecule has 2 unspecified atom stereocenters. The minimum Gasteiger partial charge on any atom is -0.481 e. The van der Waals surface area contributed by atoms with Crippen LogP contribution >= 0.6 is 11.6 Å². The van der Waals surface area contributed by atoms with Gasteiger partial charge in [0, 0.05) is 0 Å². The third-order valence-electron chi connectivity index (χ3n) is 5.18. The van der Waals surface area contributed by atoms with E-state index in [1.165, 1.54) is 24.8 Å². The Morgan fingerprint density at radius 3 is 2.67 bits per heavy atom. The summed E-state index contributed by atoms with van der Waals surface area (Å²) in [7, 11) is 0. The highest BCUT2D eigenvalue weighted by Crippen LogP contribution is 2.48. The first-order valence-corrected chi connectivity index (χ1v) is 8.00. The summed E-state index contributed by atoms with van der Waals surface area (Å²) >= 11 is 6.02. The lowest BCUT2D eigenvalue weighted by molar-refractivity contribution is -0.141. The summed E-state index contributed by atoms with van der Waals surface area (Å²) < 4.78 is 0. The van der Waals surface area contributed by atoms with Gasteiger partial charge in [0.2, 0.25) is 0 Å². The van der Waals surface area contributed by atoms with Gasteiger partial charge in [0.25, 0.3) is 0 Å². The van der Waals surface area contributed by atoms with E-state index >= 15 is 0 Å². The number of aliphatic carboxylic acids is 1. The lowest BCUT2D eigenvalue weighted by Crippen LogP contribution is -2.37. The number of carboxylic acid groups (broad SMARTS) is 1. The van der Waals surface area contributed by atoms with Crippen molar-refractivity contribution in [1.29, 1.82) is 0 Å². The van der Waals surface area contributed by atoms with Crippen molar-refractivity contribution in [3.05, 3.63) is 28.8 Å². The van der Waals surface area contributed by atoms with Gasteiger partial charge in [0.1, 0.15) is 0 Å². The zero-order valence-corrected chi connectivity index (χ0v) is 13.5. The van der Waals surface area contributed by atoms with Crippen LogP contribution in [0.25, 0.3) is 0 Å². The largest absolute Gasteiger partial charge is 0.481 e. The van der Waals surface area contributed by atoms with Crippen molar-refractivity contribution in [3.63, 3.8) is 0 Å². The second kappa shape index (κ2) is 6.27. The molecule has 0 aromatic heterocycles. The van der Waals surface area contributed by atoms with E-state index in [1.54, 1.807) is 6.92 Å². The highest BCUT2D eigenvalue weighted by atomic mass is 35.5. The second-order valence-electron chi connectivity index (χ2n) is 6.56. The maximum absolute atomic E-state index is 11.1. The first kappa shape index (κ1) is 16.2. The fourth-order valence-electron chi connectivity index (χ4n) is 3.17. The lowest BCUT2D eigenvalue weighted by atomic mass is 9.60. The summed E-state index contributed by atoms with van der Waals surface area (Å²) in [5.74, 6) is -0.422. The Bertz CT molecular complexity index is 528. The topological polar surface area (TPSA) is 63.3 Å². The van der Waals surface area contributed by atoms with Crippen molar-refractivity contribution in [3.8, 4) is 0 Å². The molecule has 3 nitrogen and oxygen atoms in total. The van der Waals surface area contributed by atoms with E-state index < -0.39 is 5.97 Å². The minimum absolute atomic E-state index is 0.0132. The molecule has 0 radical (unpaired) electrons. The Labute approximate surface area is 131 Å². The van der Waals surface area contributed by atoms with Gasteiger partial charge in [-0.2, -0.15) is 0 Å². The Morgan fingerprint density at radius 1 is 1.52 bits per heavy atom. The molecule has 1 aromatic rings. The minimum atomic E-state index is -0.721. The summed E-state index contributed by atoms with van der Waals surface area (Å²) in [6.45, 7) is 4.02. The Kier molecular flexibility index (Phi) is 4.82. The SMILES string of the molecule is CC(CCC(C)(c1ccc(Cl)c(N)c1)C1CCC1)C(=O)O. The van der Waals surface area contributed by atoms with Gasteiger partial charge in [0.15, 0.2) is 0 Å². The molecular weight excluding hydrogens is 286 g/mol. The quantitative estimate of drug-likeness (QED) is 0.761. The number of hydrogen-bond donors (Lipinski definition) is 2. The van der Waals surface area contributed by atoms with Crippen LogP contribution in [0.4, 0.5) is 5.69 Å². The molecule has 3 N–H and O–H groups in total.